The molecule has 9 heteroatoms. The molecule has 0 bridgehead atoms. The highest BCUT2D eigenvalue weighted by Crippen LogP contribution is 2.38. The minimum Gasteiger partial charge on any atom is -0.495 e. The fraction of sp³-hybridized carbons (Fsp3) is 0.364. The summed E-state index contributed by atoms with van der Waals surface area (Å²) >= 11 is 3.37. The third-order valence-electron chi connectivity index (χ3n) is 5.16. The van der Waals surface area contributed by atoms with Gasteiger partial charge in [-0.15, -0.1) is 0 Å². The summed E-state index contributed by atoms with van der Waals surface area (Å²) in [5.41, 5.74) is 2.68. The number of carbonyl (C=O) groups excluding carboxylic acids is 2. The van der Waals surface area contributed by atoms with E-state index in [0.717, 1.165) is 11.1 Å². The van der Waals surface area contributed by atoms with Crippen molar-refractivity contribution in [3.63, 3.8) is 0 Å². The Kier molecular flexibility index (Phi) is 7.06. The number of hydrogen-bond donors (Lipinski definition) is 1. The van der Waals surface area contributed by atoms with Gasteiger partial charge in [0.1, 0.15) is 5.75 Å². The predicted octanol–water partition coefficient (Wildman–Crippen LogP) is 3.87. The first kappa shape index (κ1) is 23.3. The Morgan fingerprint density at radius 1 is 1.23 bits per heavy atom. The molecule has 0 saturated carbocycles. The molecule has 0 aromatic heterocycles. The number of halogens is 1. The van der Waals surface area contributed by atoms with E-state index in [1.54, 1.807) is 19.1 Å². The normalized spacial score (nSPS) is 13.1. The van der Waals surface area contributed by atoms with E-state index in [1.807, 2.05) is 19.1 Å². The lowest BCUT2D eigenvalue weighted by Crippen LogP contribution is -2.29. The van der Waals surface area contributed by atoms with Crippen molar-refractivity contribution in [1.82, 2.24) is 0 Å². The Balaban J connectivity index is 1.82. The molecule has 0 radical (unpaired) electrons. The van der Waals surface area contributed by atoms with Gasteiger partial charge in [0.05, 0.1) is 29.1 Å². The number of anilines is 2. The van der Waals surface area contributed by atoms with E-state index in [2.05, 4.69) is 21.2 Å². The maximum atomic E-state index is 13.2. The zero-order valence-corrected chi connectivity index (χ0v) is 20.1. The molecule has 1 aliphatic rings. The Labute approximate surface area is 190 Å². The van der Waals surface area contributed by atoms with Crippen LogP contribution in [0.5, 0.6) is 5.75 Å². The largest absolute Gasteiger partial charge is 0.495 e. The first-order chi connectivity index (χ1) is 14.7. The molecule has 31 heavy (non-hydrogen) atoms. The zero-order valence-electron chi connectivity index (χ0n) is 17.7. The number of hydrogen-bond acceptors (Lipinski definition) is 5. The summed E-state index contributed by atoms with van der Waals surface area (Å²) in [5, 5.41) is 2.72. The number of methoxy groups -OCH3 is 1. The summed E-state index contributed by atoms with van der Waals surface area (Å²) in [4.78, 5) is 26.4. The van der Waals surface area contributed by atoms with Crippen LogP contribution in [0.15, 0.2) is 39.7 Å². The van der Waals surface area contributed by atoms with Gasteiger partial charge < -0.3 is 15.0 Å². The summed E-state index contributed by atoms with van der Waals surface area (Å²) in [6.45, 7) is 4.09. The van der Waals surface area contributed by atoms with Crippen LogP contribution in [0, 0.1) is 6.92 Å². The molecule has 1 heterocycles. The van der Waals surface area contributed by atoms with E-state index < -0.39 is 15.7 Å². The van der Waals surface area contributed by atoms with Crippen LogP contribution in [0.2, 0.25) is 0 Å². The fourth-order valence-electron chi connectivity index (χ4n) is 3.62. The monoisotopic (exact) mass is 508 g/mol. The quantitative estimate of drug-likeness (QED) is 0.612. The average molecular weight is 509 g/mol. The summed E-state index contributed by atoms with van der Waals surface area (Å²) in [7, 11) is -2.31. The summed E-state index contributed by atoms with van der Waals surface area (Å²) in [5.74, 6) is -0.424. The lowest BCUT2D eigenvalue weighted by molar-refractivity contribution is -0.118. The van der Waals surface area contributed by atoms with Crippen LogP contribution in [-0.4, -0.2) is 39.6 Å². The van der Waals surface area contributed by atoms with Crippen molar-refractivity contribution in [3.8, 4) is 5.75 Å². The molecular weight excluding hydrogens is 484 g/mol. The molecule has 2 aromatic carbocycles. The van der Waals surface area contributed by atoms with Crippen LogP contribution in [0.4, 0.5) is 11.4 Å². The smallest absolute Gasteiger partial charge is 0.226 e. The van der Waals surface area contributed by atoms with Crippen LogP contribution in [0.3, 0.4) is 0 Å². The maximum absolute atomic E-state index is 13.2. The predicted molar refractivity (Wildman–Crippen MR) is 124 cm³/mol. The summed E-state index contributed by atoms with van der Waals surface area (Å²) < 4.78 is 32.2. The van der Waals surface area contributed by atoms with Gasteiger partial charge in [-0.2, -0.15) is 0 Å². The molecule has 0 saturated heterocycles. The van der Waals surface area contributed by atoms with E-state index in [-0.39, 0.29) is 29.4 Å². The highest BCUT2D eigenvalue weighted by molar-refractivity contribution is 9.10. The van der Waals surface area contributed by atoms with Gasteiger partial charge in [0, 0.05) is 23.9 Å². The first-order valence-corrected chi connectivity index (χ1v) is 12.4. The van der Waals surface area contributed by atoms with E-state index in [0.29, 0.717) is 34.6 Å². The average Bonchev–Trinajstić information content (AvgIpc) is 3.15. The van der Waals surface area contributed by atoms with Gasteiger partial charge in [-0.3, -0.25) is 9.59 Å². The number of rotatable bonds is 7. The van der Waals surface area contributed by atoms with Crippen molar-refractivity contribution < 1.29 is 22.7 Å². The van der Waals surface area contributed by atoms with Crippen molar-refractivity contribution in [3.05, 3.63) is 45.9 Å². The van der Waals surface area contributed by atoms with E-state index >= 15 is 0 Å². The molecule has 1 N–H and O–H groups in total. The van der Waals surface area contributed by atoms with E-state index in [4.69, 9.17) is 4.74 Å². The molecule has 0 fully saturated rings. The minimum atomic E-state index is -3.81. The van der Waals surface area contributed by atoms with Gasteiger partial charge in [0.15, 0.2) is 9.84 Å². The molecule has 2 aromatic rings. The number of benzene rings is 2. The van der Waals surface area contributed by atoms with Crippen LogP contribution < -0.4 is 15.0 Å². The van der Waals surface area contributed by atoms with Crippen molar-refractivity contribution in [2.24, 2.45) is 0 Å². The van der Waals surface area contributed by atoms with Gasteiger partial charge in [0.2, 0.25) is 11.8 Å². The second-order valence-corrected chi connectivity index (χ2v) is 10.4. The molecule has 0 aliphatic carbocycles. The molecule has 0 spiro atoms. The Hall–Kier alpha value is -2.39. The molecule has 1 aliphatic heterocycles. The standard InChI is InChI=1S/C22H25BrN2O5S/c1-4-21(27)25-9-7-15-12-16(23)13-19(22(15)25)31(28,29)10-8-20(26)24-17-11-14(2)5-6-18(17)30-3/h5-6,11-13H,4,7-10H2,1-3H3,(H,24,26). The van der Waals surface area contributed by atoms with Crippen LogP contribution in [-0.2, 0) is 25.8 Å². The van der Waals surface area contributed by atoms with Gasteiger partial charge in [0.25, 0.3) is 0 Å². The van der Waals surface area contributed by atoms with Gasteiger partial charge in [-0.05, 0) is 48.7 Å². The number of sulfone groups is 1. The van der Waals surface area contributed by atoms with Crippen molar-refractivity contribution in [2.45, 2.75) is 38.0 Å². The third-order valence-corrected chi connectivity index (χ3v) is 7.34. The highest BCUT2D eigenvalue weighted by Gasteiger charge is 2.32. The second kappa shape index (κ2) is 9.40. The molecule has 3 rings (SSSR count). The van der Waals surface area contributed by atoms with Gasteiger partial charge in [-0.1, -0.05) is 28.9 Å². The van der Waals surface area contributed by atoms with Crippen LogP contribution in [0.25, 0.3) is 0 Å². The number of carbonyl (C=O) groups is 2. The maximum Gasteiger partial charge on any atom is 0.226 e. The van der Waals surface area contributed by atoms with E-state index in [9.17, 15) is 18.0 Å². The summed E-state index contributed by atoms with van der Waals surface area (Å²) in [6.07, 6.45) is 0.662. The Bertz CT molecular complexity index is 1130. The molecule has 2 amide bonds. The Morgan fingerprint density at radius 3 is 2.65 bits per heavy atom. The molecule has 0 atom stereocenters. The van der Waals surface area contributed by atoms with Crippen molar-refractivity contribution in [2.75, 3.05) is 29.6 Å². The lowest BCUT2D eigenvalue weighted by atomic mass is 10.2. The SMILES string of the molecule is CCC(=O)N1CCc2cc(Br)cc(S(=O)(=O)CCC(=O)Nc3cc(C)ccc3OC)c21. The molecule has 0 unspecified atom stereocenters. The van der Waals surface area contributed by atoms with Crippen LogP contribution in [0.1, 0.15) is 30.9 Å². The van der Waals surface area contributed by atoms with Gasteiger partial charge >= 0.3 is 0 Å². The third kappa shape index (κ3) is 5.10. The zero-order chi connectivity index (χ0) is 22.8. The Morgan fingerprint density at radius 2 is 1.97 bits per heavy atom. The lowest BCUT2D eigenvalue weighted by Gasteiger charge is -2.20. The fourth-order valence-corrected chi connectivity index (χ4v) is 5.79. The van der Waals surface area contributed by atoms with Gasteiger partial charge in [-0.25, -0.2) is 8.42 Å². The van der Waals surface area contributed by atoms with E-state index in [1.165, 1.54) is 18.1 Å². The second-order valence-electron chi connectivity index (χ2n) is 7.38. The first-order valence-electron chi connectivity index (χ1n) is 9.96. The number of nitrogens with zero attached hydrogens (tertiary/aromatic N) is 1. The number of aryl methyl sites for hydroxylation is 1. The minimum absolute atomic E-state index is 0.0807. The molecule has 7 nitrogen and oxygen atoms in total. The number of nitrogens with one attached hydrogen (secondary N) is 1. The topological polar surface area (TPSA) is 92.8 Å². The van der Waals surface area contributed by atoms with Crippen LogP contribution >= 0.6 is 15.9 Å². The summed E-state index contributed by atoms with van der Waals surface area (Å²) in [6, 6.07) is 8.72. The highest BCUT2D eigenvalue weighted by atomic mass is 79.9. The molecular formula is C22H25BrN2O5S. The number of fused-ring (bicyclic) bond motifs is 1. The molecule has 166 valence electrons. The number of amides is 2. The van der Waals surface area contributed by atoms with Crippen molar-refractivity contribution in [1.29, 1.82) is 0 Å². The van der Waals surface area contributed by atoms with Crippen molar-refractivity contribution >= 4 is 49.0 Å². The number of ether oxygens (including phenoxy) is 1.